The molecule has 1 aromatic heterocycles. The first-order valence-electron chi connectivity index (χ1n) is 4.01. The highest BCUT2D eigenvalue weighted by Crippen LogP contribution is 2.29. The molecule has 0 amide bonds. The van der Waals surface area contributed by atoms with Crippen molar-refractivity contribution in [2.24, 2.45) is 0 Å². The predicted molar refractivity (Wildman–Crippen MR) is 46.5 cm³/mol. The molecule has 0 aliphatic rings. The molecular weight excluding hydrogens is 192 g/mol. The van der Waals surface area contributed by atoms with Crippen molar-refractivity contribution in [3.63, 3.8) is 0 Å². The first-order valence-corrected chi connectivity index (χ1v) is 4.01. The lowest BCUT2D eigenvalue weighted by molar-refractivity contribution is -0.0558. The molecule has 78 valence electrons. The molecule has 1 N–H and O–H groups in total. The number of alkyl halides is 2. The molecule has 0 aliphatic carbocycles. The topological polar surface area (TPSA) is 42.4 Å². The molecule has 0 unspecified atom stereocenters. The van der Waals surface area contributed by atoms with Crippen molar-refractivity contribution >= 4 is 0 Å². The van der Waals surface area contributed by atoms with Gasteiger partial charge in [0, 0.05) is 17.3 Å². The summed E-state index contributed by atoms with van der Waals surface area (Å²) in [6, 6.07) is 2.34. The van der Waals surface area contributed by atoms with E-state index in [9.17, 15) is 8.78 Å². The van der Waals surface area contributed by atoms with E-state index in [2.05, 4.69) is 4.98 Å². The molecule has 1 aromatic rings. The number of aryl methyl sites for hydroxylation is 1. The fourth-order valence-electron chi connectivity index (χ4n) is 1.05. The lowest BCUT2D eigenvalue weighted by atomic mass is 10.1. The fraction of sp³-hybridized carbons (Fsp3) is 0.444. The maximum Gasteiger partial charge on any atom is 0.296 e. The van der Waals surface area contributed by atoms with Crippen LogP contribution in [-0.4, -0.2) is 23.8 Å². The van der Waals surface area contributed by atoms with Crippen molar-refractivity contribution in [1.82, 2.24) is 4.98 Å². The van der Waals surface area contributed by atoms with Gasteiger partial charge in [-0.05, 0) is 13.0 Å². The second-order valence-corrected chi connectivity index (χ2v) is 2.90. The van der Waals surface area contributed by atoms with Gasteiger partial charge in [0.05, 0.1) is 7.11 Å². The van der Waals surface area contributed by atoms with Crippen molar-refractivity contribution < 1.29 is 18.6 Å². The van der Waals surface area contributed by atoms with E-state index in [0.717, 1.165) is 6.07 Å². The summed E-state index contributed by atoms with van der Waals surface area (Å²) in [7, 11) is 1.35. The third-order valence-electron chi connectivity index (χ3n) is 1.76. The van der Waals surface area contributed by atoms with Gasteiger partial charge in [-0.2, -0.15) is 8.78 Å². The monoisotopic (exact) mass is 203 g/mol. The summed E-state index contributed by atoms with van der Waals surface area (Å²) in [5.74, 6) is -3.13. The van der Waals surface area contributed by atoms with Crippen LogP contribution in [0.1, 0.15) is 11.3 Å². The number of hydrogen-bond acceptors (Lipinski definition) is 3. The normalized spacial score (nSPS) is 11.5. The van der Waals surface area contributed by atoms with Gasteiger partial charge >= 0.3 is 0 Å². The number of hydrogen-bond donors (Lipinski definition) is 1. The molecule has 0 fully saturated rings. The smallest absolute Gasteiger partial charge is 0.296 e. The Labute approximate surface area is 80.3 Å². The first kappa shape index (κ1) is 10.8. The molecule has 5 heteroatoms. The van der Waals surface area contributed by atoms with Crippen LogP contribution in [0.2, 0.25) is 0 Å². The zero-order valence-electron chi connectivity index (χ0n) is 7.92. The van der Waals surface area contributed by atoms with Crippen molar-refractivity contribution in [3.05, 3.63) is 23.4 Å². The highest BCUT2D eigenvalue weighted by Gasteiger charge is 2.31. The third kappa shape index (κ3) is 2.17. The Hall–Kier alpha value is -1.23. The molecule has 14 heavy (non-hydrogen) atoms. The minimum atomic E-state index is -3.25. The Morgan fingerprint density at radius 3 is 2.64 bits per heavy atom. The van der Waals surface area contributed by atoms with Gasteiger partial charge in [-0.15, -0.1) is 0 Å². The average molecular weight is 203 g/mol. The molecule has 1 rings (SSSR count). The molecule has 0 atom stereocenters. The average Bonchev–Trinajstić information content (AvgIpc) is 2.16. The van der Waals surface area contributed by atoms with Gasteiger partial charge in [-0.1, -0.05) is 0 Å². The van der Waals surface area contributed by atoms with Gasteiger partial charge < -0.3 is 9.84 Å². The van der Waals surface area contributed by atoms with Crippen LogP contribution in [0.5, 0.6) is 5.88 Å². The van der Waals surface area contributed by atoms with Gasteiger partial charge in [0.15, 0.2) is 0 Å². The molecule has 0 spiro atoms. The molecule has 0 saturated carbocycles. The van der Waals surface area contributed by atoms with Gasteiger partial charge in [0.2, 0.25) is 5.88 Å². The summed E-state index contributed by atoms with van der Waals surface area (Å²) >= 11 is 0. The van der Waals surface area contributed by atoms with Crippen LogP contribution in [0, 0.1) is 6.92 Å². The van der Waals surface area contributed by atoms with Crippen molar-refractivity contribution in [2.75, 3.05) is 13.7 Å². The lowest BCUT2D eigenvalue weighted by Gasteiger charge is -2.14. The number of aromatic nitrogens is 1. The second kappa shape index (κ2) is 3.88. The summed E-state index contributed by atoms with van der Waals surface area (Å²) in [4.78, 5) is 3.86. The summed E-state index contributed by atoms with van der Waals surface area (Å²) in [6.07, 6.45) is 0. The Bertz CT molecular complexity index is 329. The fourth-order valence-corrected chi connectivity index (χ4v) is 1.05. The van der Waals surface area contributed by atoms with Gasteiger partial charge in [0.25, 0.3) is 5.92 Å². The zero-order chi connectivity index (χ0) is 10.8. The number of halogens is 2. The van der Waals surface area contributed by atoms with Crippen LogP contribution in [0.3, 0.4) is 0 Å². The van der Waals surface area contributed by atoms with E-state index in [0.29, 0.717) is 5.69 Å². The minimum Gasteiger partial charge on any atom is -0.481 e. The lowest BCUT2D eigenvalue weighted by Crippen LogP contribution is -2.18. The summed E-state index contributed by atoms with van der Waals surface area (Å²) < 4.78 is 30.8. The number of pyridine rings is 1. The number of aliphatic hydroxyl groups is 1. The molecule has 0 saturated heterocycles. The minimum absolute atomic E-state index is 0.119. The highest BCUT2D eigenvalue weighted by atomic mass is 19.3. The summed E-state index contributed by atoms with van der Waals surface area (Å²) in [5.41, 5.74) is 0.136. The second-order valence-electron chi connectivity index (χ2n) is 2.90. The van der Waals surface area contributed by atoms with Crippen LogP contribution in [0.4, 0.5) is 8.78 Å². The maximum absolute atomic E-state index is 13.0. The molecule has 0 bridgehead atoms. The Morgan fingerprint density at radius 1 is 1.50 bits per heavy atom. The van der Waals surface area contributed by atoms with Gasteiger partial charge in [0.1, 0.15) is 6.61 Å². The van der Waals surface area contributed by atoms with Crippen LogP contribution < -0.4 is 4.74 Å². The molecular formula is C9H11F2NO2. The van der Waals surface area contributed by atoms with E-state index in [1.165, 1.54) is 13.2 Å². The molecule has 3 nitrogen and oxygen atoms in total. The van der Waals surface area contributed by atoms with Gasteiger partial charge in [-0.3, -0.25) is 0 Å². The van der Waals surface area contributed by atoms with E-state index in [1.54, 1.807) is 6.92 Å². The highest BCUT2D eigenvalue weighted by molar-refractivity contribution is 5.28. The van der Waals surface area contributed by atoms with E-state index in [-0.39, 0.29) is 11.4 Å². The largest absolute Gasteiger partial charge is 0.481 e. The molecule has 1 heterocycles. The number of rotatable bonds is 3. The standard InChI is InChI=1S/C9H11F2NO2/c1-6-3-7(9(10,11)5-13)4-8(12-6)14-2/h3-4,13H,5H2,1-2H3. The first-order chi connectivity index (χ1) is 6.49. The van der Waals surface area contributed by atoms with Crippen molar-refractivity contribution in [3.8, 4) is 5.88 Å². The van der Waals surface area contributed by atoms with E-state index in [1.807, 2.05) is 0 Å². The zero-order valence-corrected chi connectivity index (χ0v) is 7.92. The number of nitrogens with zero attached hydrogens (tertiary/aromatic N) is 1. The summed E-state index contributed by atoms with van der Waals surface area (Å²) in [6.45, 7) is 0.360. The van der Waals surface area contributed by atoms with Gasteiger partial charge in [-0.25, -0.2) is 4.98 Å². The molecule has 0 radical (unpaired) electrons. The summed E-state index contributed by atoms with van der Waals surface area (Å²) in [5, 5.41) is 8.49. The number of methoxy groups -OCH3 is 1. The maximum atomic E-state index is 13.0. The molecule has 0 aliphatic heterocycles. The van der Waals surface area contributed by atoms with E-state index >= 15 is 0 Å². The number of ether oxygens (including phenoxy) is 1. The van der Waals surface area contributed by atoms with Crippen LogP contribution in [-0.2, 0) is 5.92 Å². The van der Waals surface area contributed by atoms with Crippen LogP contribution in [0.25, 0.3) is 0 Å². The Kier molecular flexibility index (Phi) is 3.00. The third-order valence-corrected chi connectivity index (χ3v) is 1.76. The van der Waals surface area contributed by atoms with Crippen molar-refractivity contribution in [2.45, 2.75) is 12.8 Å². The van der Waals surface area contributed by atoms with E-state index < -0.39 is 12.5 Å². The van der Waals surface area contributed by atoms with Crippen LogP contribution >= 0.6 is 0 Å². The van der Waals surface area contributed by atoms with Crippen molar-refractivity contribution in [1.29, 1.82) is 0 Å². The van der Waals surface area contributed by atoms with Crippen LogP contribution in [0.15, 0.2) is 12.1 Å². The SMILES string of the molecule is COc1cc(C(F)(F)CO)cc(C)n1. The Morgan fingerprint density at radius 2 is 2.14 bits per heavy atom. The molecule has 0 aromatic carbocycles. The predicted octanol–water partition coefficient (Wildman–Crippen LogP) is 1.48. The van der Waals surface area contributed by atoms with E-state index in [4.69, 9.17) is 9.84 Å². The quantitative estimate of drug-likeness (QED) is 0.809. The number of aliphatic hydroxyl groups excluding tert-OH is 1. The Balaban J connectivity index is 3.15.